The number of nitrogens with zero attached hydrogens (tertiary/aromatic N) is 4. The first kappa shape index (κ1) is 19.6. The molecule has 1 aliphatic carbocycles. The number of carbonyl (C=O) groups is 1. The normalized spacial score (nSPS) is 17.2. The number of hydrogen-bond donors (Lipinski definition) is 1. The fourth-order valence-corrected chi connectivity index (χ4v) is 3.56. The zero-order valence-corrected chi connectivity index (χ0v) is 16.6. The van der Waals surface area contributed by atoms with Gasteiger partial charge in [0, 0.05) is 56.6 Å². The second-order valence-corrected chi connectivity index (χ2v) is 7.88. The molecule has 2 aliphatic rings. The summed E-state index contributed by atoms with van der Waals surface area (Å²) in [5.41, 5.74) is 1.81. The van der Waals surface area contributed by atoms with Gasteiger partial charge in [0.2, 0.25) is 0 Å². The monoisotopic (exact) mass is 415 g/mol. The van der Waals surface area contributed by atoms with Gasteiger partial charge in [0.1, 0.15) is 5.69 Å². The number of anilines is 1. The van der Waals surface area contributed by atoms with E-state index in [0.717, 1.165) is 31.6 Å². The van der Waals surface area contributed by atoms with Crippen molar-refractivity contribution in [2.24, 2.45) is 0 Å². The summed E-state index contributed by atoms with van der Waals surface area (Å²) in [5, 5.41) is 15.1. The van der Waals surface area contributed by atoms with Crippen molar-refractivity contribution in [1.82, 2.24) is 15.2 Å². The summed E-state index contributed by atoms with van der Waals surface area (Å²) in [4.78, 5) is 32.0. The van der Waals surface area contributed by atoms with Crippen LogP contribution in [-0.2, 0) is 6.54 Å². The van der Waals surface area contributed by atoms with E-state index in [1.54, 1.807) is 18.3 Å². The van der Waals surface area contributed by atoms with Crippen molar-refractivity contribution < 1.29 is 9.72 Å². The van der Waals surface area contributed by atoms with Gasteiger partial charge in [0.15, 0.2) is 0 Å². The predicted molar refractivity (Wildman–Crippen MR) is 110 cm³/mol. The van der Waals surface area contributed by atoms with E-state index in [1.807, 2.05) is 17.0 Å². The van der Waals surface area contributed by atoms with Gasteiger partial charge in [-0.25, -0.2) is 0 Å². The maximum Gasteiger partial charge on any atom is 0.293 e. The van der Waals surface area contributed by atoms with Crippen LogP contribution in [0, 0.1) is 10.1 Å². The molecule has 0 atom stereocenters. The van der Waals surface area contributed by atoms with Crippen LogP contribution in [0.15, 0.2) is 36.5 Å². The summed E-state index contributed by atoms with van der Waals surface area (Å²) < 4.78 is 0. The van der Waals surface area contributed by atoms with Gasteiger partial charge in [-0.1, -0.05) is 11.6 Å². The maximum absolute atomic E-state index is 12.2. The topological polar surface area (TPSA) is 91.6 Å². The molecule has 152 valence electrons. The van der Waals surface area contributed by atoms with E-state index in [-0.39, 0.29) is 17.6 Å². The van der Waals surface area contributed by atoms with Crippen molar-refractivity contribution in [3.05, 3.63) is 62.9 Å². The average molecular weight is 416 g/mol. The van der Waals surface area contributed by atoms with E-state index >= 15 is 0 Å². The van der Waals surface area contributed by atoms with Gasteiger partial charge in [-0.15, -0.1) is 0 Å². The highest BCUT2D eigenvalue weighted by Gasteiger charge is 2.27. The molecular weight excluding hydrogens is 394 g/mol. The number of halogens is 1. The molecule has 1 aliphatic heterocycles. The lowest BCUT2D eigenvalue weighted by Crippen LogP contribution is -2.46. The Morgan fingerprint density at radius 1 is 1.21 bits per heavy atom. The maximum atomic E-state index is 12.2. The molecule has 1 aromatic carbocycles. The quantitative estimate of drug-likeness (QED) is 0.576. The van der Waals surface area contributed by atoms with Crippen molar-refractivity contribution in [3.63, 3.8) is 0 Å². The molecule has 1 saturated heterocycles. The first-order valence-electron chi connectivity index (χ1n) is 9.66. The SMILES string of the molecule is O=C(NC1CC1)c1ccc(N2CCN(Cc3ccc(Cl)cn3)CC2)c([N+](=O)[O-])c1. The average Bonchev–Trinajstić information content (AvgIpc) is 3.54. The Labute approximate surface area is 173 Å². The van der Waals surface area contributed by atoms with Crippen LogP contribution in [0.5, 0.6) is 0 Å². The fraction of sp³-hybridized carbons (Fsp3) is 0.400. The third kappa shape index (κ3) is 4.83. The summed E-state index contributed by atoms with van der Waals surface area (Å²) in [6, 6.07) is 8.69. The number of aromatic nitrogens is 1. The summed E-state index contributed by atoms with van der Waals surface area (Å²) >= 11 is 5.88. The summed E-state index contributed by atoms with van der Waals surface area (Å²) in [5.74, 6) is -0.248. The zero-order valence-electron chi connectivity index (χ0n) is 15.9. The smallest absolute Gasteiger partial charge is 0.293 e. The van der Waals surface area contributed by atoms with Crippen LogP contribution >= 0.6 is 11.6 Å². The standard InChI is InChI=1S/C20H22ClN5O3/c21-15-2-3-17(22-12-15)13-24-7-9-25(10-8-24)18-6-1-14(11-19(18)26(28)29)20(27)23-16-4-5-16/h1-3,6,11-12,16H,4-5,7-10,13H2,(H,23,27). The lowest BCUT2D eigenvalue weighted by atomic mass is 10.1. The van der Waals surface area contributed by atoms with Crippen molar-refractivity contribution in [1.29, 1.82) is 0 Å². The Bertz CT molecular complexity index is 909. The minimum atomic E-state index is -0.409. The molecular formula is C20H22ClN5O3. The molecule has 0 unspecified atom stereocenters. The molecule has 0 bridgehead atoms. The van der Waals surface area contributed by atoms with Crippen molar-refractivity contribution in [2.75, 3.05) is 31.1 Å². The van der Waals surface area contributed by atoms with Crippen LogP contribution in [-0.4, -0.2) is 52.9 Å². The van der Waals surface area contributed by atoms with E-state index in [4.69, 9.17) is 11.6 Å². The number of amides is 1. The van der Waals surface area contributed by atoms with Gasteiger partial charge in [0.05, 0.1) is 15.6 Å². The molecule has 1 saturated carbocycles. The Morgan fingerprint density at radius 3 is 2.59 bits per heavy atom. The van der Waals surface area contributed by atoms with E-state index < -0.39 is 4.92 Å². The number of rotatable bonds is 6. The number of pyridine rings is 1. The first-order valence-corrected chi connectivity index (χ1v) is 10.0. The Morgan fingerprint density at radius 2 is 1.97 bits per heavy atom. The molecule has 1 amide bonds. The first-order chi connectivity index (χ1) is 14.0. The Kier molecular flexibility index (Phi) is 5.64. The Hall–Kier alpha value is -2.71. The summed E-state index contributed by atoms with van der Waals surface area (Å²) in [7, 11) is 0. The lowest BCUT2D eigenvalue weighted by molar-refractivity contribution is -0.384. The minimum absolute atomic E-state index is 0.0266. The second-order valence-electron chi connectivity index (χ2n) is 7.44. The van der Waals surface area contributed by atoms with Crippen molar-refractivity contribution in [2.45, 2.75) is 25.4 Å². The fourth-order valence-electron chi connectivity index (χ4n) is 3.45. The molecule has 8 nitrogen and oxygen atoms in total. The van der Waals surface area contributed by atoms with Gasteiger partial charge < -0.3 is 10.2 Å². The molecule has 0 spiro atoms. The number of carbonyl (C=O) groups excluding carboxylic acids is 1. The van der Waals surface area contributed by atoms with Crippen molar-refractivity contribution >= 4 is 28.9 Å². The highest BCUT2D eigenvalue weighted by Crippen LogP contribution is 2.30. The highest BCUT2D eigenvalue weighted by atomic mass is 35.5. The van der Waals surface area contributed by atoms with Gasteiger partial charge in [0.25, 0.3) is 11.6 Å². The van der Waals surface area contributed by atoms with E-state index in [1.165, 1.54) is 6.07 Å². The van der Waals surface area contributed by atoms with E-state index in [0.29, 0.717) is 35.9 Å². The molecule has 2 fully saturated rings. The van der Waals surface area contributed by atoms with Crippen LogP contribution in [0.4, 0.5) is 11.4 Å². The van der Waals surface area contributed by atoms with E-state index in [2.05, 4.69) is 15.2 Å². The molecule has 2 aromatic rings. The third-order valence-electron chi connectivity index (χ3n) is 5.23. The van der Waals surface area contributed by atoms with Crippen molar-refractivity contribution in [3.8, 4) is 0 Å². The van der Waals surface area contributed by atoms with Crippen LogP contribution < -0.4 is 10.2 Å². The molecule has 4 rings (SSSR count). The van der Waals surface area contributed by atoms with Crippen LogP contribution in [0.1, 0.15) is 28.9 Å². The molecule has 1 aromatic heterocycles. The minimum Gasteiger partial charge on any atom is -0.363 e. The molecule has 2 heterocycles. The zero-order chi connectivity index (χ0) is 20.4. The number of nitrogens with one attached hydrogen (secondary N) is 1. The van der Waals surface area contributed by atoms with Gasteiger partial charge in [-0.3, -0.25) is 24.8 Å². The number of piperazine rings is 1. The van der Waals surface area contributed by atoms with Gasteiger partial charge >= 0.3 is 0 Å². The number of benzene rings is 1. The van der Waals surface area contributed by atoms with Crippen LogP contribution in [0.25, 0.3) is 0 Å². The predicted octanol–water partition coefficient (Wildman–Crippen LogP) is 2.86. The Balaban J connectivity index is 1.42. The molecule has 0 radical (unpaired) electrons. The number of nitro groups is 1. The lowest BCUT2D eigenvalue weighted by Gasteiger charge is -2.35. The van der Waals surface area contributed by atoms with Crippen LogP contribution in [0.3, 0.4) is 0 Å². The van der Waals surface area contributed by atoms with Crippen LogP contribution in [0.2, 0.25) is 5.02 Å². The largest absolute Gasteiger partial charge is 0.363 e. The molecule has 29 heavy (non-hydrogen) atoms. The third-order valence-corrected chi connectivity index (χ3v) is 5.46. The molecule has 9 heteroatoms. The number of hydrogen-bond acceptors (Lipinski definition) is 6. The number of nitro benzene ring substituents is 1. The van der Waals surface area contributed by atoms with Gasteiger partial charge in [-0.2, -0.15) is 0 Å². The highest BCUT2D eigenvalue weighted by molar-refractivity contribution is 6.30. The summed E-state index contributed by atoms with van der Waals surface area (Å²) in [6.07, 6.45) is 3.58. The second kappa shape index (κ2) is 8.34. The molecule has 1 N–H and O–H groups in total. The summed E-state index contributed by atoms with van der Waals surface area (Å²) in [6.45, 7) is 3.59. The van der Waals surface area contributed by atoms with E-state index in [9.17, 15) is 14.9 Å². The van der Waals surface area contributed by atoms with Gasteiger partial charge in [-0.05, 0) is 37.1 Å².